The number of benzene rings is 1. The van der Waals surface area contributed by atoms with Gasteiger partial charge in [-0.3, -0.25) is 9.97 Å². The molecule has 3 rings (SSSR count). The van der Waals surface area contributed by atoms with Gasteiger partial charge in [-0.15, -0.1) is 0 Å². The quantitative estimate of drug-likeness (QED) is 0.871. The van der Waals surface area contributed by atoms with Crippen LogP contribution in [-0.4, -0.2) is 35.3 Å². The number of fused-ring (bicyclic) bond motifs is 1. The van der Waals surface area contributed by atoms with Gasteiger partial charge in [0.1, 0.15) is 17.1 Å². The van der Waals surface area contributed by atoms with Crippen molar-refractivity contribution in [2.75, 3.05) is 18.0 Å². The van der Waals surface area contributed by atoms with Crippen molar-refractivity contribution in [2.24, 2.45) is 11.7 Å². The highest BCUT2D eigenvalue weighted by Gasteiger charge is 2.44. The van der Waals surface area contributed by atoms with E-state index in [9.17, 15) is 13.2 Å². The molecule has 0 bridgehead atoms. The molecular formula is C15H14F3N5. The molecule has 0 aliphatic carbocycles. The Morgan fingerprint density at radius 1 is 1.17 bits per heavy atom. The number of anilines is 1. The van der Waals surface area contributed by atoms with Crippen molar-refractivity contribution in [1.29, 1.82) is 5.26 Å². The highest BCUT2D eigenvalue weighted by atomic mass is 19.4. The van der Waals surface area contributed by atoms with Gasteiger partial charge in [-0.1, -0.05) is 0 Å². The summed E-state index contributed by atoms with van der Waals surface area (Å²) in [6.45, 7) is 0.138. The fourth-order valence-electron chi connectivity index (χ4n) is 2.96. The molecule has 0 unspecified atom stereocenters. The summed E-state index contributed by atoms with van der Waals surface area (Å²) in [5.74, 6) is -1.48. The molecule has 0 amide bonds. The van der Waals surface area contributed by atoms with Crippen LogP contribution in [0.1, 0.15) is 12.0 Å². The number of halogens is 3. The van der Waals surface area contributed by atoms with E-state index in [1.807, 2.05) is 6.07 Å². The van der Waals surface area contributed by atoms with Crippen molar-refractivity contribution in [3.8, 4) is 6.07 Å². The standard InChI is InChI=1S/C15H14F3N5/c16-15(17,18)10-5-11(20)8-23(7-10)12-2-1-9(6-19)13-14(12)22-4-3-21-13/h1-4,10-11H,5,7-8,20H2/t10-,11+/m0/s1. The van der Waals surface area contributed by atoms with E-state index in [1.54, 1.807) is 17.0 Å². The maximum absolute atomic E-state index is 13.1. The molecule has 1 fully saturated rings. The third-order valence-corrected chi connectivity index (χ3v) is 4.01. The smallest absolute Gasteiger partial charge is 0.368 e. The minimum Gasteiger partial charge on any atom is -0.368 e. The molecule has 1 aliphatic rings. The van der Waals surface area contributed by atoms with Crippen LogP contribution < -0.4 is 10.6 Å². The molecule has 2 aromatic rings. The summed E-state index contributed by atoms with van der Waals surface area (Å²) in [6, 6.07) is 4.61. The predicted octanol–water partition coefficient (Wildman–Crippen LogP) is 2.22. The number of nitriles is 1. The Morgan fingerprint density at radius 3 is 2.52 bits per heavy atom. The van der Waals surface area contributed by atoms with Gasteiger partial charge in [-0.25, -0.2) is 0 Å². The molecule has 0 spiro atoms. The van der Waals surface area contributed by atoms with E-state index in [0.29, 0.717) is 28.8 Å². The maximum atomic E-state index is 13.1. The van der Waals surface area contributed by atoms with Crippen LogP contribution in [0.2, 0.25) is 0 Å². The summed E-state index contributed by atoms with van der Waals surface area (Å²) in [4.78, 5) is 9.92. The van der Waals surface area contributed by atoms with Gasteiger partial charge in [0.15, 0.2) is 0 Å². The Hall–Kier alpha value is -2.40. The van der Waals surface area contributed by atoms with Crippen molar-refractivity contribution >= 4 is 16.7 Å². The van der Waals surface area contributed by atoms with Gasteiger partial charge in [0.2, 0.25) is 0 Å². The number of piperidine rings is 1. The number of alkyl halides is 3. The van der Waals surface area contributed by atoms with Crippen molar-refractivity contribution in [2.45, 2.75) is 18.6 Å². The summed E-state index contributed by atoms with van der Waals surface area (Å²) < 4.78 is 39.2. The van der Waals surface area contributed by atoms with Gasteiger partial charge >= 0.3 is 6.18 Å². The topological polar surface area (TPSA) is 78.8 Å². The molecule has 8 heteroatoms. The molecule has 2 atom stereocenters. The van der Waals surface area contributed by atoms with Gasteiger partial charge in [0, 0.05) is 31.5 Å². The van der Waals surface area contributed by atoms with E-state index in [-0.39, 0.29) is 13.0 Å². The van der Waals surface area contributed by atoms with Crippen molar-refractivity contribution < 1.29 is 13.2 Å². The zero-order chi connectivity index (χ0) is 16.6. The molecule has 1 saturated heterocycles. The minimum absolute atomic E-state index is 0.0834. The van der Waals surface area contributed by atoms with E-state index in [0.717, 1.165) is 0 Å². The van der Waals surface area contributed by atoms with E-state index in [4.69, 9.17) is 11.0 Å². The summed E-state index contributed by atoms with van der Waals surface area (Å²) in [5, 5.41) is 9.13. The molecule has 0 saturated carbocycles. The first-order chi connectivity index (χ1) is 10.9. The average Bonchev–Trinajstić information content (AvgIpc) is 2.52. The van der Waals surface area contributed by atoms with Crippen molar-refractivity contribution in [1.82, 2.24) is 9.97 Å². The van der Waals surface area contributed by atoms with Crippen LogP contribution >= 0.6 is 0 Å². The fourth-order valence-corrected chi connectivity index (χ4v) is 2.96. The summed E-state index contributed by atoms with van der Waals surface area (Å²) in [5.41, 5.74) is 7.49. The number of hydrogen-bond donors (Lipinski definition) is 1. The molecular weight excluding hydrogens is 307 g/mol. The van der Waals surface area contributed by atoms with E-state index >= 15 is 0 Å². The summed E-state index contributed by atoms with van der Waals surface area (Å²) >= 11 is 0. The Bertz CT molecular complexity index is 768. The monoisotopic (exact) mass is 321 g/mol. The Balaban J connectivity index is 2.05. The van der Waals surface area contributed by atoms with E-state index in [1.165, 1.54) is 12.4 Å². The van der Waals surface area contributed by atoms with Gasteiger partial charge in [0.25, 0.3) is 0 Å². The van der Waals surface area contributed by atoms with Crippen molar-refractivity contribution in [3.63, 3.8) is 0 Å². The molecule has 1 aromatic heterocycles. The zero-order valence-electron chi connectivity index (χ0n) is 12.1. The number of nitrogens with zero attached hydrogens (tertiary/aromatic N) is 4. The zero-order valence-corrected chi connectivity index (χ0v) is 12.1. The van der Waals surface area contributed by atoms with Crippen LogP contribution in [0.4, 0.5) is 18.9 Å². The lowest BCUT2D eigenvalue weighted by Crippen LogP contribution is -2.51. The number of nitrogens with two attached hydrogens (primary N) is 1. The first-order valence-electron chi connectivity index (χ1n) is 7.11. The lowest BCUT2D eigenvalue weighted by molar-refractivity contribution is -0.177. The van der Waals surface area contributed by atoms with Crippen LogP contribution in [0.5, 0.6) is 0 Å². The minimum atomic E-state index is -4.29. The summed E-state index contributed by atoms with van der Waals surface area (Å²) in [7, 11) is 0. The predicted molar refractivity (Wildman–Crippen MR) is 78.6 cm³/mol. The van der Waals surface area contributed by atoms with Gasteiger partial charge < -0.3 is 10.6 Å². The second kappa shape index (κ2) is 5.66. The maximum Gasteiger partial charge on any atom is 0.393 e. The Kier molecular flexibility index (Phi) is 3.82. The number of rotatable bonds is 1. The van der Waals surface area contributed by atoms with Gasteiger partial charge in [-0.2, -0.15) is 18.4 Å². The second-order valence-electron chi connectivity index (χ2n) is 5.64. The highest BCUT2D eigenvalue weighted by Crippen LogP contribution is 2.36. The lowest BCUT2D eigenvalue weighted by Gasteiger charge is -2.38. The normalized spacial score (nSPS) is 22.1. The van der Waals surface area contributed by atoms with Crippen LogP contribution in [0.3, 0.4) is 0 Å². The Labute approximate surface area is 130 Å². The van der Waals surface area contributed by atoms with E-state index in [2.05, 4.69) is 9.97 Å². The largest absolute Gasteiger partial charge is 0.393 e. The molecule has 2 N–H and O–H groups in total. The third-order valence-electron chi connectivity index (χ3n) is 4.01. The molecule has 1 aromatic carbocycles. The highest BCUT2D eigenvalue weighted by molar-refractivity contribution is 5.92. The number of hydrogen-bond acceptors (Lipinski definition) is 5. The summed E-state index contributed by atoms with van der Waals surface area (Å²) in [6.07, 6.45) is -1.46. The SMILES string of the molecule is N#Cc1ccc(N2C[C@H](N)C[C@H](C(F)(F)F)C2)c2nccnc12. The molecule has 2 heterocycles. The number of aromatic nitrogens is 2. The fraction of sp³-hybridized carbons (Fsp3) is 0.400. The molecule has 1 aliphatic heterocycles. The van der Waals surface area contributed by atoms with Crippen molar-refractivity contribution in [3.05, 3.63) is 30.1 Å². The first kappa shape index (κ1) is 15.5. The van der Waals surface area contributed by atoms with Gasteiger partial charge in [-0.05, 0) is 18.6 Å². The van der Waals surface area contributed by atoms with Gasteiger partial charge in [0.05, 0.1) is 17.2 Å². The van der Waals surface area contributed by atoms with Crippen LogP contribution in [-0.2, 0) is 0 Å². The molecule has 0 radical (unpaired) electrons. The average molecular weight is 321 g/mol. The lowest BCUT2D eigenvalue weighted by atomic mass is 9.93. The van der Waals surface area contributed by atoms with Crippen LogP contribution in [0, 0.1) is 17.2 Å². The second-order valence-corrected chi connectivity index (χ2v) is 5.64. The first-order valence-corrected chi connectivity index (χ1v) is 7.11. The molecule has 23 heavy (non-hydrogen) atoms. The Morgan fingerprint density at radius 2 is 1.87 bits per heavy atom. The third kappa shape index (κ3) is 2.92. The van der Waals surface area contributed by atoms with Crippen LogP contribution in [0.25, 0.3) is 11.0 Å². The van der Waals surface area contributed by atoms with Crippen LogP contribution in [0.15, 0.2) is 24.5 Å². The molecule has 120 valence electrons. The molecule has 5 nitrogen and oxygen atoms in total. The van der Waals surface area contributed by atoms with E-state index < -0.39 is 18.1 Å².